The van der Waals surface area contributed by atoms with Crippen LogP contribution in [0.5, 0.6) is 0 Å². The van der Waals surface area contributed by atoms with Crippen LogP contribution in [0.25, 0.3) is 0 Å². The Morgan fingerprint density at radius 3 is 2.93 bits per heavy atom. The minimum Gasteiger partial charge on any atom is -0.309 e. The summed E-state index contributed by atoms with van der Waals surface area (Å²) < 4.78 is 12.7. The highest BCUT2D eigenvalue weighted by molar-refractivity contribution is 6.18. The molecule has 1 N–H and O–H groups in total. The summed E-state index contributed by atoms with van der Waals surface area (Å²) in [7, 11) is 0. The number of pyridine rings is 1. The Morgan fingerprint density at radius 2 is 2.36 bits per heavy atom. The van der Waals surface area contributed by atoms with Gasteiger partial charge in [0.25, 0.3) is 0 Å². The van der Waals surface area contributed by atoms with E-state index in [1.54, 1.807) is 6.20 Å². The molecule has 4 heteroatoms. The number of aromatic nitrogens is 1. The summed E-state index contributed by atoms with van der Waals surface area (Å²) in [6.07, 6.45) is 3.81. The van der Waals surface area contributed by atoms with Crippen LogP contribution in [0.1, 0.15) is 18.9 Å². The van der Waals surface area contributed by atoms with E-state index in [0.717, 1.165) is 12.0 Å². The summed E-state index contributed by atoms with van der Waals surface area (Å²) >= 11 is 5.71. The van der Waals surface area contributed by atoms with Gasteiger partial charge in [0.05, 0.1) is 6.20 Å². The fourth-order valence-electron chi connectivity index (χ4n) is 1.12. The van der Waals surface area contributed by atoms with Crippen molar-refractivity contribution < 1.29 is 4.39 Å². The standard InChI is InChI=1S/C10H14ClFN2/c1-2-10(4-11)14-6-8-3-9(12)7-13-5-8/h3,5,7,10,14H,2,4,6H2,1H3. The van der Waals surface area contributed by atoms with Crippen molar-refractivity contribution in [1.29, 1.82) is 0 Å². The number of rotatable bonds is 5. The Labute approximate surface area is 88.5 Å². The quantitative estimate of drug-likeness (QED) is 0.765. The Kier molecular flexibility index (Phi) is 4.84. The minimum atomic E-state index is -0.303. The van der Waals surface area contributed by atoms with Gasteiger partial charge in [0.15, 0.2) is 0 Å². The van der Waals surface area contributed by atoms with Crippen molar-refractivity contribution in [1.82, 2.24) is 10.3 Å². The molecule has 0 spiro atoms. The van der Waals surface area contributed by atoms with E-state index in [2.05, 4.69) is 17.2 Å². The average Bonchev–Trinajstić information content (AvgIpc) is 2.19. The van der Waals surface area contributed by atoms with E-state index in [1.165, 1.54) is 12.3 Å². The van der Waals surface area contributed by atoms with E-state index in [0.29, 0.717) is 12.4 Å². The van der Waals surface area contributed by atoms with Crippen molar-refractivity contribution in [3.8, 4) is 0 Å². The molecule has 1 rings (SSSR count). The lowest BCUT2D eigenvalue weighted by atomic mass is 10.2. The van der Waals surface area contributed by atoms with E-state index in [9.17, 15) is 4.39 Å². The predicted molar refractivity (Wildman–Crippen MR) is 55.8 cm³/mol. The predicted octanol–water partition coefficient (Wildman–Crippen LogP) is 2.33. The summed E-state index contributed by atoms with van der Waals surface area (Å²) in [6.45, 7) is 2.67. The van der Waals surface area contributed by atoms with Crippen LogP contribution >= 0.6 is 11.6 Å². The molecule has 0 aromatic carbocycles. The molecule has 0 aliphatic heterocycles. The summed E-state index contributed by atoms with van der Waals surface area (Å²) in [6, 6.07) is 1.75. The van der Waals surface area contributed by atoms with Gasteiger partial charge in [0, 0.05) is 24.7 Å². The average molecular weight is 217 g/mol. The minimum absolute atomic E-state index is 0.278. The first-order valence-electron chi connectivity index (χ1n) is 4.65. The second-order valence-corrected chi connectivity index (χ2v) is 3.46. The van der Waals surface area contributed by atoms with Gasteiger partial charge in [-0.15, -0.1) is 11.6 Å². The van der Waals surface area contributed by atoms with Gasteiger partial charge < -0.3 is 5.32 Å². The molecule has 2 nitrogen and oxygen atoms in total. The van der Waals surface area contributed by atoms with Crippen molar-refractivity contribution in [3.05, 3.63) is 29.8 Å². The number of nitrogens with one attached hydrogen (secondary N) is 1. The zero-order valence-corrected chi connectivity index (χ0v) is 8.89. The molecule has 1 heterocycles. The third-order valence-electron chi connectivity index (χ3n) is 2.04. The molecule has 0 radical (unpaired) electrons. The molecule has 78 valence electrons. The topological polar surface area (TPSA) is 24.9 Å². The van der Waals surface area contributed by atoms with Crippen LogP contribution in [-0.4, -0.2) is 16.9 Å². The fourth-order valence-corrected chi connectivity index (χ4v) is 1.45. The molecule has 1 unspecified atom stereocenters. The molecular formula is C10H14ClFN2. The van der Waals surface area contributed by atoms with Gasteiger partial charge in [-0.3, -0.25) is 4.98 Å². The highest BCUT2D eigenvalue weighted by atomic mass is 35.5. The molecule has 0 aliphatic rings. The molecule has 0 saturated carbocycles. The van der Waals surface area contributed by atoms with Gasteiger partial charge in [-0.2, -0.15) is 0 Å². The SMILES string of the molecule is CCC(CCl)NCc1cncc(F)c1. The van der Waals surface area contributed by atoms with Gasteiger partial charge in [-0.1, -0.05) is 6.92 Å². The molecule has 0 saturated heterocycles. The van der Waals surface area contributed by atoms with Crippen LogP contribution in [0.4, 0.5) is 4.39 Å². The summed E-state index contributed by atoms with van der Waals surface area (Å²) in [5, 5.41) is 3.22. The number of alkyl halides is 1. The van der Waals surface area contributed by atoms with Crippen molar-refractivity contribution in [2.24, 2.45) is 0 Å². The first-order chi connectivity index (χ1) is 6.76. The Balaban J connectivity index is 2.44. The summed E-state index contributed by atoms with van der Waals surface area (Å²) in [4.78, 5) is 3.77. The molecule has 0 bridgehead atoms. The van der Waals surface area contributed by atoms with Crippen LogP contribution in [-0.2, 0) is 6.54 Å². The smallest absolute Gasteiger partial charge is 0.141 e. The molecule has 0 fully saturated rings. The van der Waals surface area contributed by atoms with E-state index in [1.807, 2.05) is 0 Å². The van der Waals surface area contributed by atoms with Crippen molar-refractivity contribution in [2.75, 3.05) is 5.88 Å². The maximum atomic E-state index is 12.7. The third-order valence-corrected chi connectivity index (χ3v) is 2.41. The molecule has 14 heavy (non-hydrogen) atoms. The molecule has 1 atom stereocenters. The van der Waals surface area contributed by atoms with Crippen LogP contribution in [0.2, 0.25) is 0 Å². The lowest BCUT2D eigenvalue weighted by Crippen LogP contribution is -2.29. The zero-order chi connectivity index (χ0) is 10.4. The Bertz CT molecular complexity index is 277. The van der Waals surface area contributed by atoms with E-state index >= 15 is 0 Å². The maximum absolute atomic E-state index is 12.7. The van der Waals surface area contributed by atoms with Gasteiger partial charge >= 0.3 is 0 Å². The van der Waals surface area contributed by atoms with Crippen LogP contribution in [0.3, 0.4) is 0 Å². The van der Waals surface area contributed by atoms with Crippen LogP contribution in [0, 0.1) is 5.82 Å². The first kappa shape index (κ1) is 11.4. The monoisotopic (exact) mass is 216 g/mol. The zero-order valence-electron chi connectivity index (χ0n) is 8.13. The van der Waals surface area contributed by atoms with E-state index < -0.39 is 0 Å². The molecular weight excluding hydrogens is 203 g/mol. The number of nitrogens with zero attached hydrogens (tertiary/aromatic N) is 1. The van der Waals surface area contributed by atoms with Crippen molar-refractivity contribution >= 4 is 11.6 Å². The molecule has 0 amide bonds. The second-order valence-electron chi connectivity index (χ2n) is 3.15. The number of hydrogen-bond donors (Lipinski definition) is 1. The molecule has 1 aromatic rings. The van der Waals surface area contributed by atoms with Gasteiger partial charge in [0.2, 0.25) is 0 Å². The summed E-state index contributed by atoms with van der Waals surface area (Å²) in [5.74, 6) is 0.266. The van der Waals surface area contributed by atoms with Gasteiger partial charge in [0.1, 0.15) is 5.82 Å². The highest BCUT2D eigenvalue weighted by Gasteiger charge is 2.03. The lowest BCUT2D eigenvalue weighted by molar-refractivity contribution is 0.535. The fraction of sp³-hybridized carbons (Fsp3) is 0.500. The highest BCUT2D eigenvalue weighted by Crippen LogP contribution is 2.02. The first-order valence-corrected chi connectivity index (χ1v) is 5.18. The molecule has 1 aromatic heterocycles. The van der Waals surface area contributed by atoms with Crippen LogP contribution < -0.4 is 5.32 Å². The Hall–Kier alpha value is -0.670. The van der Waals surface area contributed by atoms with Crippen molar-refractivity contribution in [3.63, 3.8) is 0 Å². The van der Waals surface area contributed by atoms with Gasteiger partial charge in [-0.05, 0) is 18.1 Å². The van der Waals surface area contributed by atoms with Crippen LogP contribution in [0.15, 0.2) is 18.5 Å². The van der Waals surface area contributed by atoms with E-state index in [4.69, 9.17) is 11.6 Å². The van der Waals surface area contributed by atoms with Crippen molar-refractivity contribution in [2.45, 2.75) is 25.9 Å². The largest absolute Gasteiger partial charge is 0.309 e. The number of hydrogen-bond acceptors (Lipinski definition) is 2. The lowest BCUT2D eigenvalue weighted by Gasteiger charge is -2.13. The van der Waals surface area contributed by atoms with Gasteiger partial charge in [-0.25, -0.2) is 4.39 Å². The number of halogens is 2. The third kappa shape index (κ3) is 3.60. The Morgan fingerprint density at radius 1 is 1.57 bits per heavy atom. The molecule has 0 aliphatic carbocycles. The maximum Gasteiger partial charge on any atom is 0.141 e. The normalized spacial score (nSPS) is 12.8. The second kappa shape index (κ2) is 5.94. The van der Waals surface area contributed by atoms with E-state index in [-0.39, 0.29) is 11.9 Å². The summed E-state index contributed by atoms with van der Waals surface area (Å²) in [5.41, 5.74) is 0.841.